The SMILES string of the molecule is NC(CCC(=O)N1CCN(c2ccccn2)CC1)C(=O)O. The normalized spacial score (nSPS) is 16.6. The predicted molar refractivity (Wildman–Crippen MR) is 77.9 cm³/mol. The molecule has 1 atom stereocenters. The molecule has 2 heterocycles. The average Bonchev–Trinajstić information content (AvgIpc) is 2.53. The molecule has 0 spiro atoms. The van der Waals surface area contributed by atoms with Crippen LogP contribution in [0.5, 0.6) is 0 Å². The standard InChI is InChI=1S/C14H20N4O3/c15-11(14(20)21)4-5-13(19)18-9-7-17(8-10-18)12-3-1-2-6-16-12/h1-3,6,11H,4-5,7-10,15H2,(H,20,21). The molecule has 7 nitrogen and oxygen atoms in total. The highest BCUT2D eigenvalue weighted by molar-refractivity contribution is 5.78. The number of carboxylic acid groups (broad SMARTS) is 1. The number of amides is 1. The second-order valence-corrected chi connectivity index (χ2v) is 5.04. The van der Waals surface area contributed by atoms with Crippen molar-refractivity contribution in [3.63, 3.8) is 0 Å². The minimum Gasteiger partial charge on any atom is -0.480 e. The van der Waals surface area contributed by atoms with E-state index >= 15 is 0 Å². The van der Waals surface area contributed by atoms with E-state index in [4.69, 9.17) is 10.8 Å². The van der Waals surface area contributed by atoms with Gasteiger partial charge in [0.25, 0.3) is 0 Å². The van der Waals surface area contributed by atoms with Gasteiger partial charge in [-0.15, -0.1) is 0 Å². The second kappa shape index (κ2) is 7.03. The zero-order valence-corrected chi connectivity index (χ0v) is 11.8. The minimum atomic E-state index is -1.07. The molecule has 0 aliphatic carbocycles. The number of aromatic nitrogens is 1. The smallest absolute Gasteiger partial charge is 0.320 e. The van der Waals surface area contributed by atoms with E-state index < -0.39 is 12.0 Å². The van der Waals surface area contributed by atoms with Gasteiger partial charge in [0.05, 0.1) is 0 Å². The molecule has 21 heavy (non-hydrogen) atoms. The summed E-state index contributed by atoms with van der Waals surface area (Å²) >= 11 is 0. The first kappa shape index (κ1) is 15.2. The molecule has 1 aliphatic heterocycles. The van der Waals surface area contributed by atoms with Crippen LogP contribution in [-0.2, 0) is 9.59 Å². The van der Waals surface area contributed by atoms with Gasteiger partial charge in [-0.3, -0.25) is 9.59 Å². The summed E-state index contributed by atoms with van der Waals surface area (Å²) in [6, 6.07) is 4.79. The molecule has 0 saturated carbocycles. The van der Waals surface area contributed by atoms with Crippen molar-refractivity contribution in [1.82, 2.24) is 9.88 Å². The van der Waals surface area contributed by atoms with Crippen LogP contribution in [0.15, 0.2) is 24.4 Å². The van der Waals surface area contributed by atoms with Gasteiger partial charge in [-0.25, -0.2) is 4.98 Å². The van der Waals surface area contributed by atoms with Crippen LogP contribution in [0.2, 0.25) is 0 Å². The number of aliphatic carboxylic acids is 1. The van der Waals surface area contributed by atoms with Crippen LogP contribution in [0.3, 0.4) is 0 Å². The van der Waals surface area contributed by atoms with Gasteiger partial charge >= 0.3 is 5.97 Å². The van der Waals surface area contributed by atoms with Gasteiger partial charge < -0.3 is 20.6 Å². The third-order valence-corrected chi connectivity index (χ3v) is 3.59. The van der Waals surface area contributed by atoms with E-state index in [0.717, 1.165) is 18.9 Å². The van der Waals surface area contributed by atoms with Crippen molar-refractivity contribution < 1.29 is 14.7 Å². The Kier molecular flexibility index (Phi) is 5.10. The fraction of sp³-hybridized carbons (Fsp3) is 0.500. The minimum absolute atomic E-state index is 0.0348. The number of nitrogens with zero attached hydrogens (tertiary/aromatic N) is 3. The van der Waals surface area contributed by atoms with Crippen molar-refractivity contribution >= 4 is 17.7 Å². The van der Waals surface area contributed by atoms with Crippen molar-refractivity contribution in [2.75, 3.05) is 31.1 Å². The zero-order chi connectivity index (χ0) is 15.2. The molecule has 1 aromatic heterocycles. The first-order valence-corrected chi connectivity index (χ1v) is 7.00. The summed E-state index contributed by atoms with van der Waals surface area (Å²) in [5.41, 5.74) is 5.41. The maximum absolute atomic E-state index is 12.0. The molecule has 0 bridgehead atoms. The van der Waals surface area contributed by atoms with Gasteiger partial charge in [-0.1, -0.05) is 6.07 Å². The Morgan fingerprint density at radius 2 is 2.00 bits per heavy atom. The Labute approximate surface area is 123 Å². The number of nitrogens with two attached hydrogens (primary N) is 1. The largest absolute Gasteiger partial charge is 0.480 e. The number of carboxylic acids is 1. The van der Waals surface area contributed by atoms with Gasteiger partial charge in [-0.2, -0.15) is 0 Å². The van der Waals surface area contributed by atoms with Crippen molar-refractivity contribution in [2.24, 2.45) is 5.73 Å². The van der Waals surface area contributed by atoms with Crippen LogP contribution >= 0.6 is 0 Å². The van der Waals surface area contributed by atoms with E-state index in [1.807, 2.05) is 18.2 Å². The molecule has 1 aromatic rings. The van der Waals surface area contributed by atoms with Crippen LogP contribution in [0.4, 0.5) is 5.82 Å². The Morgan fingerprint density at radius 1 is 1.29 bits per heavy atom. The van der Waals surface area contributed by atoms with E-state index in [0.29, 0.717) is 13.1 Å². The lowest BCUT2D eigenvalue weighted by molar-refractivity contribution is -0.139. The van der Waals surface area contributed by atoms with E-state index in [2.05, 4.69) is 9.88 Å². The molecule has 1 unspecified atom stereocenters. The summed E-state index contributed by atoms with van der Waals surface area (Å²) in [7, 11) is 0. The number of pyridine rings is 1. The quantitative estimate of drug-likeness (QED) is 0.787. The van der Waals surface area contributed by atoms with Crippen LogP contribution in [0.1, 0.15) is 12.8 Å². The lowest BCUT2D eigenvalue weighted by atomic mass is 10.1. The Balaban J connectivity index is 1.78. The maximum Gasteiger partial charge on any atom is 0.320 e. The van der Waals surface area contributed by atoms with Gasteiger partial charge in [0, 0.05) is 38.8 Å². The van der Waals surface area contributed by atoms with E-state index in [1.165, 1.54) is 0 Å². The fourth-order valence-electron chi connectivity index (χ4n) is 2.29. The van der Waals surface area contributed by atoms with E-state index in [-0.39, 0.29) is 18.7 Å². The van der Waals surface area contributed by atoms with E-state index in [9.17, 15) is 9.59 Å². The molecular weight excluding hydrogens is 272 g/mol. The van der Waals surface area contributed by atoms with Crippen LogP contribution < -0.4 is 10.6 Å². The fourth-order valence-corrected chi connectivity index (χ4v) is 2.29. The summed E-state index contributed by atoms with van der Waals surface area (Å²) in [4.78, 5) is 30.8. The molecule has 3 N–H and O–H groups in total. The zero-order valence-electron chi connectivity index (χ0n) is 11.8. The molecule has 114 valence electrons. The molecule has 1 amide bonds. The molecule has 1 fully saturated rings. The maximum atomic E-state index is 12.0. The molecular formula is C14H20N4O3. The highest BCUT2D eigenvalue weighted by atomic mass is 16.4. The van der Waals surface area contributed by atoms with Crippen molar-refractivity contribution in [3.8, 4) is 0 Å². The topological polar surface area (TPSA) is 99.8 Å². The van der Waals surface area contributed by atoms with E-state index in [1.54, 1.807) is 11.1 Å². The number of carbonyl (C=O) groups excluding carboxylic acids is 1. The molecule has 0 aromatic carbocycles. The van der Waals surface area contributed by atoms with Crippen molar-refractivity contribution in [2.45, 2.75) is 18.9 Å². The summed E-state index contributed by atoms with van der Waals surface area (Å²) in [6.07, 6.45) is 2.10. The van der Waals surface area contributed by atoms with Crippen LogP contribution in [0.25, 0.3) is 0 Å². The van der Waals surface area contributed by atoms with Crippen molar-refractivity contribution in [1.29, 1.82) is 0 Å². The molecule has 1 aliphatic rings. The lowest BCUT2D eigenvalue weighted by Crippen LogP contribution is -2.49. The first-order chi connectivity index (χ1) is 10.1. The van der Waals surface area contributed by atoms with Gasteiger partial charge in [0.15, 0.2) is 0 Å². The Hall–Kier alpha value is -2.15. The third-order valence-electron chi connectivity index (χ3n) is 3.59. The summed E-state index contributed by atoms with van der Waals surface area (Å²) < 4.78 is 0. The van der Waals surface area contributed by atoms with Gasteiger partial charge in [0.1, 0.15) is 11.9 Å². The summed E-state index contributed by atoms with van der Waals surface area (Å²) in [5.74, 6) is -0.187. The Bertz CT molecular complexity index is 486. The van der Waals surface area contributed by atoms with Crippen LogP contribution in [0, 0.1) is 0 Å². The molecule has 0 radical (unpaired) electrons. The lowest BCUT2D eigenvalue weighted by Gasteiger charge is -2.35. The summed E-state index contributed by atoms with van der Waals surface area (Å²) in [5, 5.41) is 8.70. The van der Waals surface area contributed by atoms with Gasteiger partial charge in [0.2, 0.25) is 5.91 Å². The van der Waals surface area contributed by atoms with Crippen LogP contribution in [-0.4, -0.2) is 59.1 Å². The number of hydrogen-bond donors (Lipinski definition) is 2. The predicted octanol–water partition coefficient (Wildman–Crippen LogP) is -0.0777. The molecule has 7 heteroatoms. The number of piperazine rings is 1. The van der Waals surface area contributed by atoms with Gasteiger partial charge in [-0.05, 0) is 18.6 Å². The number of carbonyl (C=O) groups is 2. The summed E-state index contributed by atoms with van der Waals surface area (Å²) in [6.45, 7) is 2.71. The third kappa shape index (κ3) is 4.16. The van der Waals surface area contributed by atoms with Crippen molar-refractivity contribution in [3.05, 3.63) is 24.4 Å². The Morgan fingerprint density at radius 3 is 2.57 bits per heavy atom. The first-order valence-electron chi connectivity index (χ1n) is 7.00. The average molecular weight is 292 g/mol. The highest BCUT2D eigenvalue weighted by Crippen LogP contribution is 2.13. The number of anilines is 1. The highest BCUT2D eigenvalue weighted by Gasteiger charge is 2.22. The number of rotatable bonds is 5. The molecule has 1 saturated heterocycles. The second-order valence-electron chi connectivity index (χ2n) is 5.04. The molecule has 2 rings (SSSR count). The number of hydrogen-bond acceptors (Lipinski definition) is 5. The monoisotopic (exact) mass is 292 g/mol.